The second-order valence-electron chi connectivity index (χ2n) is 5.45. The van der Waals surface area contributed by atoms with Crippen molar-refractivity contribution in [1.29, 1.82) is 0 Å². The SMILES string of the molecule is CCCN(c1cnccc1CNC1CC1)C(C)C. The highest BCUT2D eigenvalue weighted by atomic mass is 15.2. The van der Waals surface area contributed by atoms with Crippen molar-refractivity contribution in [1.82, 2.24) is 10.3 Å². The van der Waals surface area contributed by atoms with Gasteiger partial charge < -0.3 is 10.2 Å². The first kappa shape index (κ1) is 13.3. The molecule has 0 atom stereocenters. The third-order valence-corrected chi connectivity index (χ3v) is 3.44. The van der Waals surface area contributed by atoms with Gasteiger partial charge in [-0.3, -0.25) is 4.98 Å². The lowest BCUT2D eigenvalue weighted by Gasteiger charge is -2.30. The Bertz CT molecular complexity index is 372. The van der Waals surface area contributed by atoms with Crippen LogP contribution in [0.15, 0.2) is 18.5 Å². The largest absolute Gasteiger partial charge is 0.368 e. The fraction of sp³-hybridized carbons (Fsp3) is 0.667. The van der Waals surface area contributed by atoms with Gasteiger partial charge in [-0.15, -0.1) is 0 Å². The Kier molecular flexibility index (Phi) is 4.59. The van der Waals surface area contributed by atoms with Crippen molar-refractivity contribution < 1.29 is 0 Å². The van der Waals surface area contributed by atoms with Crippen LogP contribution in [0.2, 0.25) is 0 Å². The van der Waals surface area contributed by atoms with E-state index in [9.17, 15) is 0 Å². The van der Waals surface area contributed by atoms with Crippen LogP contribution in [0.4, 0.5) is 5.69 Å². The molecule has 1 aliphatic rings. The lowest BCUT2D eigenvalue weighted by molar-refractivity contribution is 0.650. The topological polar surface area (TPSA) is 28.2 Å². The van der Waals surface area contributed by atoms with Crippen LogP contribution >= 0.6 is 0 Å². The number of pyridine rings is 1. The molecular formula is C15H25N3. The maximum absolute atomic E-state index is 4.30. The van der Waals surface area contributed by atoms with Gasteiger partial charge in [-0.1, -0.05) is 6.92 Å². The highest BCUT2D eigenvalue weighted by Crippen LogP contribution is 2.24. The molecule has 3 nitrogen and oxygen atoms in total. The van der Waals surface area contributed by atoms with Crippen molar-refractivity contribution >= 4 is 5.69 Å². The van der Waals surface area contributed by atoms with Crippen LogP contribution in [0.5, 0.6) is 0 Å². The highest BCUT2D eigenvalue weighted by Gasteiger charge is 2.21. The normalized spacial score (nSPS) is 15.1. The summed E-state index contributed by atoms with van der Waals surface area (Å²) in [7, 11) is 0. The minimum Gasteiger partial charge on any atom is -0.368 e. The zero-order valence-corrected chi connectivity index (χ0v) is 11.8. The number of aromatic nitrogens is 1. The first-order chi connectivity index (χ1) is 8.72. The number of anilines is 1. The molecule has 0 spiro atoms. The monoisotopic (exact) mass is 247 g/mol. The van der Waals surface area contributed by atoms with Crippen molar-refractivity contribution in [2.24, 2.45) is 0 Å². The number of nitrogens with zero attached hydrogens (tertiary/aromatic N) is 2. The zero-order valence-electron chi connectivity index (χ0n) is 11.8. The van der Waals surface area contributed by atoms with E-state index in [0.29, 0.717) is 6.04 Å². The second-order valence-corrected chi connectivity index (χ2v) is 5.45. The Morgan fingerprint density at radius 1 is 1.44 bits per heavy atom. The average Bonchev–Trinajstić information content (AvgIpc) is 3.18. The van der Waals surface area contributed by atoms with Gasteiger partial charge in [-0.2, -0.15) is 0 Å². The Balaban J connectivity index is 2.12. The molecule has 1 heterocycles. The van der Waals surface area contributed by atoms with Crippen molar-refractivity contribution in [2.75, 3.05) is 11.4 Å². The van der Waals surface area contributed by atoms with Gasteiger partial charge in [-0.25, -0.2) is 0 Å². The predicted octanol–water partition coefficient (Wildman–Crippen LogP) is 2.96. The summed E-state index contributed by atoms with van der Waals surface area (Å²) in [5.41, 5.74) is 2.67. The molecule has 1 aromatic rings. The third-order valence-electron chi connectivity index (χ3n) is 3.44. The maximum atomic E-state index is 4.30. The summed E-state index contributed by atoms with van der Waals surface area (Å²) in [5, 5.41) is 3.59. The van der Waals surface area contributed by atoms with Gasteiger partial charge in [0.25, 0.3) is 0 Å². The van der Waals surface area contributed by atoms with Crippen molar-refractivity contribution in [3.8, 4) is 0 Å². The van der Waals surface area contributed by atoms with Gasteiger partial charge in [0.1, 0.15) is 0 Å². The molecule has 1 aliphatic carbocycles. The van der Waals surface area contributed by atoms with E-state index in [2.05, 4.69) is 42.0 Å². The number of hydrogen-bond acceptors (Lipinski definition) is 3. The molecule has 2 rings (SSSR count). The Hall–Kier alpha value is -1.09. The minimum atomic E-state index is 0.522. The molecule has 1 N–H and O–H groups in total. The van der Waals surface area contributed by atoms with Crippen LogP contribution in [0.1, 0.15) is 45.6 Å². The summed E-state index contributed by atoms with van der Waals surface area (Å²) in [5.74, 6) is 0. The van der Waals surface area contributed by atoms with Crippen LogP contribution < -0.4 is 10.2 Å². The van der Waals surface area contributed by atoms with Gasteiger partial charge in [0, 0.05) is 31.4 Å². The lowest BCUT2D eigenvalue weighted by Crippen LogP contribution is -2.33. The lowest BCUT2D eigenvalue weighted by atomic mass is 10.1. The number of nitrogens with one attached hydrogen (secondary N) is 1. The standard InChI is InChI=1S/C15H25N3/c1-4-9-18(12(2)3)15-11-16-8-7-13(15)10-17-14-5-6-14/h7-8,11-12,14,17H,4-6,9-10H2,1-3H3. The summed E-state index contributed by atoms with van der Waals surface area (Å²) in [6, 6.07) is 3.42. The molecule has 0 unspecified atom stereocenters. The average molecular weight is 247 g/mol. The first-order valence-corrected chi connectivity index (χ1v) is 7.15. The van der Waals surface area contributed by atoms with Gasteiger partial charge >= 0.3 is 0 Å². The van der Waals surface area contributed by atoms with Crippen molar-refractivity contribution in [3.05, 3.63) is 24.0 Å². The van der Waals surface area contributed by atoms with E-state index in [-0.39, 0.29) is 0 Å². The highest BCUT2D eigenvalue weighted by molar-refractivity contribution is 5.52. The van der Waals surface area contributed by atoms with E-state index in [1.165, 1.54) is 30.5 Å². The van der Waals surface area contributed by atoms with E-state index in [0.717, 1.165) is 19.1 Å². The van der Waals surface area contributed by atoms with E-state index in [1.807, 2.05) is 12.4 Å². The molecule has 1 aromatic heterocycles. The number of rotatable bonds is 7. The molecule has 0 amide bonds. The maximum Gasteiger partial charge on any atom is 0.0600 e. The number of hydrogen-bond donors (Lipinski definition) is 1. The van der Waals surface area contributed by atoms with Crippen LogP contribution in [-0.4, -0.2) is 23.6 Å². The summed E-state index contributed by atoms with van der Waals surface area (Å²) >= 11 is 0. The molecule has 18 heavy (non-hydrogen) atoms. The molecule has 0 aromatic carbocycles. The zero-order chi connectivity index (χ0) is 13.0. The first-order valence-electron chi connectivity index (χ1n) is 7.15. The fourth-order valence-electron chi connectivity index (χ4n) is 2.26. The van der Waals surface area contributed by atoms with Crippen LogP contribution in [0.25, 0.3) is 0 Å². The van der Waals surface area contributed by atoms with Crippen LogP contribution in [0.3, 0.4) is 0 Å². The van der Waals surface area contributed by atoms with Gasteiger partial charge in [-0.05, 0) is 44.7 Å². The summed E-state index contributed by atoms with van der Waals surface area (Å²) in [6.07, 6.45) is 7.76. The molecule has 3 heteroatoms. The summed E-state index contributed by atoms with van der Waals surface area (Å²) < 4.78 is 0. The van der Waals surface area contributed by atoms with Gasteiger partial charge in [0.2, 0.25) is 0 Å². The Morgan fingerprint density at radius 2 is 2.22 bits per heavy atom. The molecule has 1 fully saturated rings. The molecule has 1 saturated carbocycles. The van der Waals surface area contributed by atoms with E-state index >= 15 is 0 Å². The summed E-state index contributed by atoms with van der Waals surface area (Å²) in [6.45, 7) is 8.80. The van der Waals surface area contributed by atoms with E-state index in [4.69, 9.17) is 0 Å². The Labute approximate surface area is 111 Å². The van der Waals surface area contributed by atoms with Gasteiger partial charge in [0.05, 0.1) is 11.9 Å². The van der Waals surface area contributed by atoms with E-state index < -0.39 is 0 Å². The quantitative estimate of drug-likeness (QED) is 0.803. The molecule has 0 aliphatic heterocycles. The molecular weight excluding hydrogens is 222 g/mol. The minimum absolute atomic E-state index is 0.522. The molecule has 0 radical (unpaired) electrons. The van der Waals surface area contributed by atoms with Crippen LogP contribution in [0, 0.1) is 0 Å². The van der Waals surface area contributed by atoms with Gasteiger partial charge in [0.15, 0.2) is 0 Å². The van der Waals surface area contributed by atoms with Crippen molar-refractivity contribution in [3.63, 3.8) is 0 Å². The Morgan fingerprint density at radius 3 is 2.83 bits per heavy atom. The van der Waals surface area contributed by atoms with E-state index in [1.54, 1.807) is 0 Å². The molecule has 0 bridgehead atoms. The summed E-state index contributed by atoms with van der Waals surface area (Å²) in [4.78, 5) is 6.76. The predicted molar refractivity (Wildman–Crippen MR) is 76.9 cm³/mol. The molecule has 0 saturated heterocycles. The smallest absolute Gasteiger partial charge is 0.0600 e. The third kappa shape index (κ3) is 3.45. The second kappa shape index (κ2) is 6.19. The van der Waals surface area contributed by atoms with Crippen LogP contribution in [-0.2, 0) is 6.54 Å². The van der Waals surface area contributed by atoms with Crippen molar-refractivity contribution in [2.45, 2.75) is 58.7 Å². The fourth-order valence-corrected chi connectivity index (χ4v) is 2.26. The molecule has 100 valence electrons.